The summed E-state index contributed by atoms with van der Waals surface area (Å²) in [7, 11) is 1.59. The number of H-pyrrole nitrogens is 1. The highest BCUT2D eigenvalue weighted by atomic mass is 16.5. The molecule has 0 spiro atoms. The van der Waals surface area contributed by atoms with Crippen LogP contribution in [0.15, 0.2) is 18.2 Å². The Labute approximate surface area is 163 Å². The molecule has 0 fully saturated rings. The molecular weight excluding hydrogens is 356 g/mol. The summed E-state index contributed by atoms with van der Waals surface area (Å²) in [5.74, 6) is -0.274. The molecular formula is C22H24N2O4. The van der Waals surface area contributed by atoms with E-state index >= 15 is 0 Å². The van der Waals surface area contributed by atoms with Gasteiger partial charge < -0.3 is 20.1 Å². The Morgan fingerprint density at radius 3 is 2.86 bits per heavy atom. The topological polar surface area (TPSA) is 91.4 Å². The minimum Gasteiger partial charge on any atom is -0.497 e. The molecule has 0 atom stereocenters. The average Bonchev–Trinajstić information content (AvgIpc) is 3.05. The Bertz CT molecular complexity index is 971. The summed E-state index contributed by atoms with van der Waals surface area (Å²) in [5, 5.41) is 12.1. The van der Waals surface area contributed by atoms with E-state index in [0.717, 1.165) is 48.2 Å². The summed E-state index contributed by atoms with van der Waals surface area (Å²) >= 11 is 0. The van der Waals surface area contributed by atoms with Crippen molar-refractivity contribution in [1.82, 2.24) is 4.98 Å². The maximum absolute atomic E-state index is 12.6. The van der Waals surface area contributed by atoms with Gasteiger partial charge in [-0.3, -0.25) is 9.59 Å². The van der Waals surface area contributed by atoms with Crippen molar-refractivity contribution in [2.24, 2.45) is 0 Å². The van der Waals surface area contributed by atoms with Crippen molar-refractivity contribution in [2.45, 2.75) is 44.9 Å². The lowest BCUT2D eigenvalue weighted by Gasteiger charge is -2.05. The maximum atomic E-state index is 12.6. The molecule has 0 saturated carbocycles. The van der Waals surface area contributed by atoms with Crippen molar-refractivity contribution in [1.29, 1.82) is 0 Å². The number of ether oxygens (including phenoxy) is 1. The van der Waals surface area contributed by atoms with E-state index in [4.69, 9.17) is 9.84 Å². The number of hydrogen-bond acceptors (Lipinski definition) is 3. The standard InChI is InChI=1S/C22H24N2O4/c1-28-13-7-8-16-17(22(27)24-19(16)11-13)12-20-15(9-10-21(25)26)14-5-3-2-4-6-18(14)23-20/h7-8,11-12,23H,2-6,9-10H2,1H3,(H,24,27)(H,25,26). The van der Waals surface area contributed by atoms with Crippen LogP contribution in [0.4, 0.5) is 5.69 Å². The molecule has 2 aliphatic rings. The van der Waals surface area contributed by atoms with E-state index in [2.05, 4.69) is 10.3 Å². The summed E-state index contributed by atoms with van der Waals surface area (Å²) in [6.45, 7) is 0. The van der Waals surface area contributed by atoms with Crippen LogP contribution < -0.4 is 10.1 Å². The van der Waals surface area contributed by atoms with Crippen LogP contribution in [-0.4, -0.2) is 29.1 Å². The van der Waals surface area contributed by atoms with Crippen LogP contribution in [0.5, 0.6) is 5.75 Å². The van der Waals surface area contributed by atoms with Crippen LogP contribution in [0.2, 0.25) is 0 Å². The number of amides is 1. The molecule has 1 aliphatic heterocycles. The summed E-state index contributed by atoms with van der Waals surface area (Å²) < 4.78 is 5.24. The Kier molecular flexibility index (Phi) is 4.94. The fourth-order valence-corrected chi connectivity index (χ4v) is 4.18. The molecule has 1 aromatic carbocycles. The minimum absolute atomic E-state index is 0.0838. The number of aromatic amines is 1. The van der Waals surface area contributed by atoms with Crippen molar-refractivity contribution in [2.75, 3.05) is 12.4 Å². The first-order valence-corrected chi connectivity index (χ1v) is 9.72. The smallest absolute Gasteiger partial charge is 0.303 e. The molecule has 0 unspecified atom stereocenters. The van der Waals surface area contributed by atoms with Gasteiger partial charge in [0.15, 0.2) is 0 Å². The van der Waals surface area contributed by atoms with E-state index in [1.807, 2.05) is 24.3 Å². The highest BCUT2D eigenvalue weighted by Gasteiger charge is 2.26. The van der Waals surface area contributed by atoms with Crippen molar-refractivity contribution in [3.8, 4) is 5.75 Å². The van der Waals surface area contributed by atoms with Gasteiger partial charge in [0, 0.05) is 29.4 Å². The molecule has 4 rings (SSSR count). The number of anilines is 1. The van der Waals surface area contributed by atoms with E-state index < -0.39 is 5.97 Å². The van der Waals surface area contributed by atoms with Crippen molar-refractivity contribution >= 4 is 29.2 Å². The van der Waals surface area contributed by atoms with Crippen LogP contribution >= 0.6 is 0 Å². The molecule has 0 bridgehead atoms. The molecule has 6 heteroatoms. The summed E-state index contributed by atoms with van der Waals surface area (Å²) in [6, 6.07) is 5.52. The third-order valence-electron chi connectivity index (χ3n) is 5.58. The molecule has 2 aromatic rings. The number of aromatic nitrogens is 1. The highest BCUT2D eigenvalue weighted by molar-refractivity contribution is 6.35. The lowest BCUT2D eigenvalue weighted by Crippen LogP contribution is -2.04. The molecule has 3 N–H and O–H groups in total. The van der Waals surface area contributed by atoms with Gasteiger partial charge in [-0.05, 0) is 61.4 Å². The monoisotopic (exact) mass is 380 g/mol. The van der Waals surface area contributed by atoms with Crippen molar-refractivity contribution in [3.05, 3.63) is 46.3 Å². The van der Waals surface area contributed by atoms with Gasteiger partial charge in [0.1, 0.15) is 5.75 Å². The fraction of sp³-hybridized carbons (Fsp3) is 0.364. The second-order valence-corrected chi connectivity index (χ2v) is 7.35. The molecule has 1 aromatic heterocycles. The highest BCUT2D eigenvalue weighted by Crippen LogP contribution is 2.37. The first-order chi connectivity index (χ1) is 13.6. The Morgan fingerprint density at radius 2 is 2.07 bits per heavy atom. The van der Waals surface area contributed by atoms with Crippen LogP contribution in [0.1, 0.15) is 53.8 Å². The number of carbonyl (C=O) groups excluding carboxylic acids is 1. The van der Waals surface area contributed by atoms with Crippen molar-refractivity contribution < 1.29 is 19.4 Å². The van der Waals surface area contributed by atoms with E-state index in [-0.39, 0.29) is 12.3 Å². The van der Waals surface area contributed by atoms with Crippen LogP contribution in [0.3, 0.4) is 0 Å². The van der Waals surface area contributed by atoms with E-state index in [1.54, 1.807) is 7.11 Å². The predicted octanol–water partition coefficient (Wildman–Crippen LogP) is 3.80. The number of carboxylic acid groups (broad SMARTS) is 1. The minimum atomic E-state index is -0.807. The fourth-order valence-electron chi connectivity index (χ4n) is 4.18. The number of fused-ring (bicyclic) bond motifs is 2. The second-order valence-electron chi connectivity index (χ2n) is 7.35. The molecule has 1 aliphatic carbocycles. The first kappa shape index (κ1) is 18.3. The van der Waals surface area contributed by atoms with Gasteiger partial charge in [-0.1, -0.05) is 6.42 Å². The quantitative estimate of drug-likeness (QED) is 0.543. The zero-order valence-corrected chi connectivity index (χ0v) is 15.9. The second kappa shape index (κ2) is 7.54. The third-order valence-corrected chi connectivity index (χ3v) is 5.58. The van der Waals surface area contributed by atoms with Gasteiger partial charge in [0.2, 0.25) is 0 Å². The molecule has 28 heavy (non-hydrogen) atoms. The molecule has 0 saturated heterocycles. The summed E-state index contributed by atoms with van der Waals surface area (Å²) in [5.41, 5.74) is 6.50. The Balaban J connectivity index is 1.77. The molecule has 0 radical (unpaired) electrons. The predicted molar refractivity (Wildman–Crippen MR) is 108 cm³/mol. The van der Waals surface area contributed by atoms with Gasteiger partial charge in [-0.2, -0.15) is 0 Å². The van der Waals surface area contributed by atoms with E-state index in [9.17, 15) is 9.59 Å². The summed E-state index contributed by atoms with van der Waals surface area (Å²) in [6.07, 6.45) is 7.80. The number of hydrogen-bond donors (Lipinski definition) is 3. The van der Waals surface area contributed by atoms with Gasteiger partial charge in [-0.25, -0.2) is 0 Å². The Morgan fingerprint density at radius 1 is 1.25 bits per heavy atom. The SMILES string of the molecule is COc1ccc2c(c1)NC(=O)C2=Cc1[nH]c2c(c1CCC(=O)O)CCCCC2. The lowest BCUT2D eigenvalue weighted by molar-refractivity contribution is -0.137. The third kappa shape index (κ3) is 3.42. The van der Waals surface area contributed by atoms with Crippen LogP contribution in [0, 0.1) is 0 Å². The molecule has 146 valence electrons. The average molecular weight is 380 g/mol. The number of nitrogens with one attached hydrogen (secondary N) is 2. The zero-order valence-electron chi connectivity index (χ0n) is 15.9. The van der Waals surface area contributed by atoms with Crippen LogP contribution in [-0.2, 0) is 28.9 Å². The number of benzene rings is 1. The molecule has 6 nitrogen and oxygen atoms in total. The molecule has 1 amide bonds. The Hall–Kier alpha value is -3.02. The maximum Gasteiger partial charge on any atom is 0.303 e. The zero-order chi connectivity index (χ0) is 19.7. The number of rotatable bonds is 5. The van der Waals surface area contributed by atoms with Gasteiger partial charge in [0.05, 0.1) is 18.4 Å². The lowest BCUT2D eigenvalue weighted by atomic mass is 9.98. The first-order valence-electron chi connectivity index (χ1n) is 9.72. The van der Waals surface area contributed by atoms with Gasteiger partial charge in [-0.15, -0.1) is 0 Å². The molecule has 2 heterocycles. The number of carbonyl (C=O) groups is 2. The van der Waals surface area contributed by atoms with Crippen molar-refractivity contribution in [3.63, 3.8) is 0 Å². The number of methoxy groups -OCH3 is 1. The van der Waals surface area contributed by atoms with Gasteiger partial charge >= 0.3 is 5.97 Å². The van der Waals surface area contributed by atoms with Gasteiger partial charge in [0.25, 0.3) is 5.91 Å². The normalized spacial score (nSPS) is 17.0. The van der Waals surface area contributed by atoms with E-state index in [0.29, 0.717) is 17.7 Å². The number of carboxylic acids is 1. The van der Waals surface area contributed by atoms with Crippen LogP contribution in [0.25, 0.3) is 11.6 Å². The number of aryl methyl sites for hydroxylation is 1. The number of aliphatic carboxylic acids is 1. The largest absolute Gasteiger partial charge is 0.497 e. The van der Waals surface area contributed by atoms with E-state index in [1.165, 1.54) is 17.7 Å². The summed E-state index contributed by atoms with van der Waals surface area (Å²) in [4.78, 5) is 27.2.